The molecule has 0 aliphatic rings. The first-order valence-electron chi connectivity index (χ1n) is 8.24. The molecule has 0 spiro atoms. The first-order chi connectivity index (χ1) is 10.2. The summed E-state index contributed by atoms with van der Waals surface area (Å²) in [5.41, 5.74) is -1.24. The second-order valence-electron chi connectivity index (χ2n) is 8.67. The molecule has 5 heteroatoms. The number of carbonyl (C=O) groups excluding carboxylic acids is 2. The number of ether oxygens (including phenoxy) is 3. The van der Waals surface area contributed by atoms with Gasteiger partial charge in [-0.15, -0.1) is 0 Å². The van der Waals surface area contributed by atoms with Crippen LogP contribution in [0.1, 0.15) is 69.2 Å². The maximum atomic E-state index is 12.1. The number of hydrogen-bond acceptors (Lipinski definition) is 5. The summed E-state index contributed by atoms with van der Waals surface area (Å²) in [7, 11) is 0. The molecule has 2 unspecified atom stereocenters. The van der Waals surface area contributed by atoms with Gasteiger partial charge in [-0.1, -0.05) is 27.7 Å². The SMILES string of the molecule is CC(C)C(OC(=O)C(C)(C)C)OC(OC(=O)C(C)(C)C)C(C)C. The molecule has 0 heterocycles. The molecule has 0 aromatic carbocycles. The van der Waals surface area contributed by atoms with Crippen LogP contribution in [0, 0.1) is 22.7 Å². The van der Waals surface area contributed by atoms with E-state index in [4.69, 9.17) is 14.2 Å². The van der Waals surface area contributed by atoms with Gasteiger partial charge in [-0.05, 0) is 41.5 Å². The van der Waals surface area contributed by atoms with E-state index in [0.717, 1.165) is 0 Å². The van der Waals surface area contributed by atoms with Gasteiger partial charge in [0.05, 0.1) is 10.8 Å². The van der Waals surface area contributed by atoms with E-state index < -0.39 is 23.4 Å². The lowest BCUT2D eigenvalue weighted by molar-refractivity contribution is -0.264. The van der Waals surface area contributed by atoms with Crippen LogP contribution in [0.3, 0.4) is 0 Å². The van der Waals surface area contributed by atoms with E-state index >= 15 is 0 Å². The Labute approximate surface area is 141 Å². The highest BCUT2D eigenvalue weighted by atomic mass is 16.8. The number of carbonyl (C=O) groups is 2. The molecule has 0 N–H and O–H groups in total. The summed E-state index contributed by atoms with van der Waals surface area (Å²) in [4.78, 5) is 24.2. The van der Waals surface area contributed by atoms with Gasteiger partial charge in [0.25, 0.3) is 0 Å². The van der Waals surface area contributed by atoms with Crippen LogP contribution in [0.5, 0.6) is 0 Å². The van der Waals surface area contributed by atoms with E-state index in [1.165, 1.54) is 0 Å². The normalized spacial score (nSPS) is 15.5. The summed E-state index contributed by atoms with van der Waals surface area (Å²) in [5.74, 6) is -0.812. The van der Waals surface area contributed by atoms with Gasteiger partial charge in [-0.2, -0.15) is 0 Å². The zero-order valence-corrected chi connectivity index (χ0v) is 16.4. The highest BCUT2D eigenvalue weighted by Crippen LogP contribution is 2.24. The Morgan fingerprint density at radius 2 is 0.913 bits per heavy atom. The van der Waals surface area contributed by atoms with Crippen molar-refractivity contribution in [1.82, 2.24) is 0 Å². The van der Waals surface area contributed by atoms with Crippen LogP contribution in [-0.2, 0) is 23.8 Å². The topological polar surface area (TPSA) is 61.8 Å². The van der Waals surface area contributed by atoms with Gasteiger partial charge in [0.2, 0.25) is 12.6 Å². The molecule has 0 saturated heterocycles. The van der Waals surface area contributed by atoms with Crippen molar-refractivity contribution in [2.75, 3.05) is 0 Å². The van der Waals surface area contributed by atoms with E-state index in [1.54, 1.807) is 41.5 Å². The van der Waals surface area contributed by atoms with Gasteiger partial charge in [0, 0.05) is 11.8 Å². The first kappa shape index (κ1) is 21.9. The minimum absolute atomic E-state index is 0.0594. The second-order valence-corrected chi connectivity index (χ2v) is 8.67. The summed E-state index contributed by atoms with van der Waals surface area (Å²) < 4.78 is 16.8. The Kier molecular flexibility index (Phi) is 7.74. The third-order valence-electron chi connectivity index (χ3n) is 3.03. The molecular weight excluding hydrogens is 296 g/mol. The lowest BCUT2D eigenvalue weighted by Crippen LogP contribution is -2.40. The number of esters is 2. The van der Waals surface area contributed by atoms with Crippen molar-refractivity contribution >= 4 is 11.9 Å². The minimum atomic E-state index is -0.762. The van der Waals surface area contributed by atoms with Crippen LogP contribution in [-0.4, -0.2) is 24.5 Å². The quantitative estimate of drug-likeness (QED) is 0.541. The second kappa shape index (κ2) is 8.13. The highest BCUT2D eigenvalue weighted by molar-refractivity contribution is 5.76. The van der Waals surface area contributed by atoms with Crippen molar-refractivity contribution in [2.24, 2.45) is 22.7 Å². The lowest BCUT2D eigenvalue weighted by atomic mass is 9.97. The molecule has 0 aliphatic heterocycles. The van der Waals surface area contributed by atoms with Crippen molar-refractivity contribution < 1.29 is 23.8 Å². The molecule has 136 valence electrons. The van der Waals surface area contributed by atoms with E-state index in [-0.39, 0.29) is 23.8 Å². The van der Waals surface area contributed by atoms with Crippen molar-refractivity contribution in [3.05, 3.63) is 0 Å². The van der Waals surface area contributed by atoms with E-state index in [0.29, 0.717) is 0 Å². The van der Waals surface area contributed by atoms with Crippen LogP contribution in [0.4, 0.5) is 0 Å². The van der Waals surface area contributed by atoms with E-state index in [2.05, 4.69) is 0 Å². The zero-order chi connectivity index (χ0) is 18.6. The average molecular weight is 330 g/mol. The third-order valence-corrected chi connectivity index (χ3v) is 3.03. The molecule has 5 nitrogen and oxygen atoms in total. The maximum Gasteiger partial charge on any atom is 0.313 e. The van der Waals surface area contributed by atoms with Gasteiger partial charge in [0.1, 0.15) is 0 Å². The van der Waals surface area contributed by atoms with Gasteiger partial charge < -0.3 is 14.2 Å². The molecule has 23 heavy (non-hydrogen) atoms. The Morgan fingerprint density at radius 1 is 0.652 bits per heavy atom. The fourth-order valence-electron chi connectivity index (χ4n) is 1.34. The molecule has 0 aliphatic carbocycles. The molecule has 0 aromatic rings. The number of hydrogen-bond donors (Lipinski definition) is 0. The average Bonchev–Trinajstić information content (AvgIpc) is 2.33. The van der Waals surface area contributed by atoms with Crippen molar-refractivity contribution in [2.45, 2.75) is 81.8 Å². The molecule has 0 saturated carbocycles. The molecule has 0 radical (unpaired) electrons. The van der Waals surface area contributed by atoms with Crippen molar-refractivity contribution in [3.8, 4) is 0 Å². The molecular formula is C18H34O5. The molecule has 0 rings (SSSR count). The summed E-state index contributed by atoms with van der Waals surface area (Å²) >= 11 is 0. The fraction of sp³-hybridized carbons (Fsp3) is 0.889. The van der Waals surface area contributed by atoms with Crippen LogP contribution in [0.15, 0.2) is 0 Å². The Bertz CT molecular complexity index is 361. The Balaban J connectivity index is 5.05. The molecule has 0 amide bonds. The first-order valence-corrected chi connectivity index (χ1v) is 8.24. The summed E-state index contributed by atoms with van der Waals surface area (Å²) in [5, 5.41) is 0. The molecule has 0 aromatic heterocycles. The van der Waals surface area contributed by atoms with Crippen molar-refractivity contribution in [3.63, 3.8) is 0 Å². The van der Waals surface area contributed by atoms with Crippen molar-refractivity contribution in [1.29, 1.82) is 0 Å². The molecule has 0 bridgehead atoms. The smallest absolute Gasteiger partial charge is 0.313 e. The van der Waals surface area contributed by atoms with Crippen LogP contribution < -0.4 is 0 Å². The summed E-state index contributed by atoms with van der Waals surface area (Å²) in [6.45, 7) is 18.3. The third kappa shape index (κ3) is 7.82. The zero-order valence-electron chi connectivity index (χ0n) is 16.4. The van der Waals surface area contributed by atoms with E-state index in [9.17, 15) is 9.59 Å². The molecule has 2 atom stereocenters. The highest BCUT2D eigenvalue weighted by Gasteiger charge is 2.33. The van der Waals surface area contributed by atoms with E-state index in [1.807, 2.05) is 27.7 Å². The number of rotatable bonds is 6. The monoisotopic (exact) mass is 330 g/mol. The largest absolute Gasteiger partial charge is 0.435 e. The summed E-state index contributed by atoms with van der Waals surface area (Å²) in [6.07, 6.45) is -1.52. The van der Waals surface area contributed by atoms with Crippen LogP contribution in [0.2, 0.25) is 0 Å². The Hall–Kier alpha value is -1.10. The van der Waals surface area contributed by atoms with Crippen LogP contribution >= 0.6 is 0 Å². The van der Waals surface area contributed by atoms with Gasteiger partial charge in [0.15, 0.2) is 0 Å². The maximum absolute atomic E-state index is 12.1. The fourth-order valence-corrected chi connectivity index (χ4v) is 1.34. The minimum Gasteiger partial charge on any atom is -0.435 e. The van der Waals surface area contributed by atoms with Gasteiger partial charge >= 0.3 is 11.9 Å². The Morgan fingerprint density at radius 3 is 1.09 bits per heavy atom. The summed E-state index contributed by atoms with van der Waals surface area (Å²) in [6, 6.07) is 0. The van der Waals surface area contributed by atoms with Gasteiger partial charge in [-0.3, -0.25) is 9.59 Å². The van der Waals surface area contributed by atoms with Crippen LogP contribution in [0.25, 0.3) is 0 Å². The van der Waals surface area contributed by atoms with Gasteiger partial charge in [-0.25, -0.2) is 0 Å². The standard InChI is InChI=1S/C18H34O5/c1-11(2)13(22-15(19)17(5,6)7)21-14(12(3)4)23-16(20)18(8,9)10/h11-14H,1-10H3. The molecule has 0 fully saturated rings. The predicted molar refractivity (Wildman–Crippen MR) is 89.4 cm³/mol. The predicted octanol–water partition coefficient (Wildman–Crippen LogP) is 4.15. The lowest BCUT2D eigenvalue weighted by Gasteiger charge is -2.32.